The molecule has 2 atom stereocenters. The monoisotopic (exact) mass is 337 g/mol. The van der Waals surface area contributed by atoms with Crippen LogP contribution in [0.25, 0.3) is 0 Å². The van der Waals surface area contributed by atoms with Crippen LogP contribution in [0.3, 0.4) is 0 Å². The molecule has 1 aromatic rings. The molecule has 1 heterocycles. The molecule has 0 saturated carbocycles. The first-order chi connectivity index (χ1) is 10.7. The van der Waals surface area contributed by atoms with Gasteiger partial charge in [0.25, 0.3) is 0 Å². The number of carbonyl (C=O) groups excluding carboxylic acids is 1. The standard InChI is InChI=1S/C18H27N3O.ClH/c1-13-4-3-9-21(17(13)11-19)12-18(22)20-16-8-7-14-5-2-6-15(14)10-16;/h7-8,10,13,17H,2-6,9,11-12,19H2,1H3,(H,20,22);1H. The van der Waals surface area contributed by atoms with Gasteiger partial charge < -0.3 is 11.1 Å². The van der Waals surface area contributed by atoms with Gasteiger partial charge in [-0.15, -0.1) is 12.4 Å². The topological polar surface area (TPSA) is 58.4 Å². The van der Waals surface area contributed by atoms with E-state index in [1.165, 1.54) is 30.4 Å². The highest BCUT2D eigenvalue weighted by atomic mass is 35.5. The molecule has 1 aliphatic carbocycles. The quantitative estimate of drug-likeness (QED) is 0.887. The number of nitrogens with one attached hydrogen (secondary N) is 1. The summed E-state index contributed by atoms with van der Waals surface area (Å²) in [5.41, 5.74) is 9.66. The summed E-state index contributed by atoms with van der Waals surface area (Å²) in [6, 6.07) is 6.66. The highest BCUT2D eigenvalue weighted by molar-refractivity contribution is 5.92. The lowest BCUT2D eigenvalue weighted by molar-refractivity contribution is -0.118. The summed E-state index contributed by atoms with van der Waals surface area (Å²) in [6.45, 7) is 4.29. The summed E-state index contributed by atoms with van der Waals surface area (Å²) in [5, 5.41) is 3.06. The van der Waals surface area contributed by atoms with Gasteiger partial charge in [-0.3, -0.25) is 9.69 Å². The van der Waals surface area contributed by atoms with Crippen molar-refractivity contribution in [2.75, 3.05) is 25.0 Å². The minimum absolute atomic E-state index is 0. The van der Waals surface area contributed by atoms with Crippen molar-refractivity contribution in [1.82, 2.24) is 4.90 Å². The van der Waals surface area contributed by atoms with E-state index in [-0.39, 0.29) is 18.3 Å². The summed E-state index contributed by atoms with van der Waals surface area (Å²) in [6.07, 6.45) is 5.91. The summed E-state index contributed by atoms with van der Waals surface area (Å²) >= 11 is 0. The van der Waals surface area contributed by atoms with Crippen molar-refractivity contribution in [1.29, 1.82) is 0 Å². The van der Waals surface area contributed by atoms with E-state index in [1.807, 2.05) is 6.07 Å². The van der Waals surface area contributed by atoms with E-state index in [2.05, 4.69) is 29.3 Å². The Balaban J connectivity index is 0.00000192. The van der Waals surface area contributed by atoms with Gasteiger partial charge in [-0.05, 0) is 67.8 Å². The number of amides is 1. The summed E-state index contributed by atoms with van der Waals surface area (Å²) in [4.78, 5) is 14.6. The SMILES string of the molecule is CC1CCCN(CC(=O)Nc2ccc3c(c2)CCC3)C1CN.Cl. The molecule has 128 valence electrons. The molecule has 0 bridgehead atoms. The molecule has 0 radical (unpaired) electrons. The Bertz CT molecular complexity index is 549. The number of fused-ring (bicyclic) bond motifs is 1. The number of benzene rings is 1. The zero-order chi connectivity index (χ0) is 15.5. The fourth-order valence-electron chi connectivity index (χ4n) is 3.95. The van der Waals surface area contributed by atoms with Gasteiger partial charge in [0.15, 0.2) is 0 Å². The molecule has 5 heteroatoms. The number of nitrogens with zero attached hydrogens (tertiary/aromatic N) is 1. The van der Waals surface area contributed by atoms with E-state index in [4.69, 9.17) is 5.73 Å². The fourth-order valence-corrected chi connectivity index (χ4v) is 3.95. The van der Waals surface area contributed by atoms with E-state index < -0.39 is 0 Å². The Morgan fingerprint density at radius 3 is 2.87 bits per heavy atom. The lowest BCUT2D eigenvalue weighted by Crippen LogP contribution is -2.51. The molecule has 3 N–H and O–H groups in total. The first kappa shape index (κ1) is 18.2. The average molecular weight is 338 g/mol. The molecule has 1 aromatic carbocycles. The molecule has 2 aliphatic rings. The molecular formula is C18H28ClN3O. The number of carbonyl (C=O) groups is 1. The Hall–Kier alpha value is -1.10. The minimum Gasteiger partial charge on any atom is -0.329 e. The second-order valence-electron chi connectivity index (χ2n) is 6.78. The molecule has 1 saturated heterocycles. The summed E-state index contributed by atoms with van der Waals surface area (Å²) in [5.74, 6) is 0.650. The van der Waals surface area contributed by atoms with Crippen molar-refractivity contribution in [3.63, 3.8) is 0 Å². The molecule has 2 unspecified atom stereocenters. The third-order valence-corrected chi connectivity index (χ3v) is 5.20. The van der Waals surface area contributed by atoms with E-state index >= 15 is 0 Å². The van der Waals surface area contributed by atoms with Gasteiger partial charge in [0.1, 0.15) is 0 Å². The zero-order valence-corrected chi connectivity index (χ0v) is 14.7. The molecule has 1 amide bonds. The molecule has 23 heavy (non-hydrogen) atoms. The van der Waals surface area contributed by atoms with E-state index in [1.54, 1.807) is 0 Å². The molecule has 0 spiro atoms. The first-order valence-corrected chi connectivity index (χ1v) is 8.53. The van der Waals surface area contributed by atoms with Crippen LogP contribution in [-0.2, 0) is 17.6 Å². The number of piperidine rings is 1. The largest absolute Gasteiger partial charge is 0.329 e. The van der Waals surface area contributed by atoms with Crippen molar-refractivity contribution in [2.45, 2.75) is 45.1 Å². The second-order valence-corrected chi connectivity index (χ2v) is 6.78. The third-order valence-electron chi connectivity index (χ3n) is 5.20. The molecular weight excluding hydrogens is 310 g/mol. The van der Waals surface area contributed by atoms with Gasteiger partial charge in [-0.2, -0.15) is 0 Å². The number of hydrogen-bond donors (Lipinski definition) is 2. The van der Waals surface area contributed by atoms with Gasteiger partial charge in [-0.25, -0.2) is 0 Å². The number of rotatable bonds is 4. The van der Waals surface area contributed by atoms with Crippen molar-refractivity contribution in [3.8, 4) is 0 Å². The molecule has 4 nitrogen and oxygen atoms in total. The number of likely N-dealkylation sites (tertiary alicyclic amines) is 1. The average Bonchev–Trinajstić information content (AvgIpc) is 2.95. The zero-order valence-electron chi connectivity index (χ0n) is 13.9. The van der Waals surface area contributed by atoms with Crippen LogP contribution in [0.2, 0.25) is 0 Å². The predicted molar refractivity (Wildman–Crippen MR) is 97.2 cm³/mol. The normalized spacial score (nSPS) is 23.9. The Labute approximate surface area is 145 Å². The van der Waals surface area contributed by atoms with Crippen LogP contribution in [0.4, 0.5) is 5.69 Å². The van der Waals surface area contributed by atoms with Crippen LogP contribution in [0, 0.1) is 5.92 Å². The Morgan fingerprint density at radius 1 is 1.30 bits per heavy atom. The van der Waals surface area contributed by atoms with Gasteiger partial charge in [0.05, 0.1) is 6.54 Å². The van der Waals surface area contributed by atoms with Crippen molar-refractivity contribution in [2.24, 2.45) is 11.7 Å². The maximum atomic E-state index is 12.4. The van der Waals surface area contributed by atoms with Crippen LogP contribution >= 0.6 is 12.4 Å². The summed E-state index contributed by atoms with van der Waals surface area (Å²) in [7, 11) is 0. The molecule has 0 aromatic heterocycles. The maximum absolute atomic E-state index is 12.4. The van der Waals surface area contributed by atoms with Crippen molar-refractivity contribution >= 4 is 24.0 Å². The predicted octanol–water partition coefficient (Wildman–Crippen LogP) is 2.59. The van der Waals surface area contributed by atoms with Crippen LogP contribution in [-0.4, -0.2) is 36.5 Å². The van der Waals surface area contributed by atoms with Crippen molar-refractivity contribution < 1.29 is 4.79 Å². The third kappa shape index (κ3) is 4.25. The molecule has 1 aliphatic heterocycles. The molecule has 3 rings (SSSR count). The maximum Gasteiger partial charge on any atom is 0.238 e. The number of hydrogen-bond acceptors (Lipinski definition) is 3. The van der Waals surface area contributed by atoms with Gasteiger partial charge >= 0.3 is 0 Å². The van der Waals surface area contributed by atoms with Crippen LogP contribution in [0.15, 0.2) is 18.2 Å². The Morgan fingerprint density at radius 2 is 2.09 bits per heavy atom. The highest BCUT2D eigenvalue weighted by Gasteiger charge is 2.28. The smallest absolute Gasteiger partial charge is 0.238 e. The highest BCUT2D eigenvalue weighted by Crippen LogP contribution is 2.25. The van der Waals surface area contributed by atoms with Crippen LogP contribution < -0.4 is 11.1 Å². The first-order valence-electron chi connectivity index (χ1n) is 8.53. The number of aryl methyl sites for hydroxylation is 2. The molecule has 1 fully saturated rings. The lowest BCUT2D eigenvalue weighted by atomic mass is 9.91. The fraction of sp³-hybridized carbons (Fsp3) is 0.611. The minimum atomic E-state index is 0. The van der Waals surface area contributed by atoms with E-state index in [9.17, 15) is 4.79 Å². The van der Waals surface area contributed by atoms with Crippen LogP contribution in [0.1, 0.15) is 37.3 Å². The lowest BCUT2D eigenvalue weighted by Gasteiger charge is -2.38. The van der Waals surface area contributed by atoms with Crippen LogP contribution in [0.5, 0.6) is 0 Å². The van der Waals surface area contributed by atoms with E-state index in [0.717, 1.165) is 25.1 Å². The number of nitrogens with two attached hydrogens (primary N) is 1. The Kier molecular flexibility index (Phi) is 6.45. The van der Waals surface area contributed by atoms with Gasteiger partial charge in [0, 0.05) is 18.3 Å². The summed E-state index contributed by atoms with van der Waals surface area (Å²) < 4.78 is 0. The second kappa shape index (κ2) is 8.13. The van der Waals surface area contributed by atoms with Gasteiger partial charge in [-0.1, -0.05) is 13.0 Å². The van der Waals surface area contributed by atoms with Gasteiger partial charge in [0.2, 0.25) is 5.91 Å². The van der Waals surface area contributed by atoms with Crippen molar-refractivity contribution in [3.05, 3.63) is 29.3 Å². The number of anilines is 1. The number of halogens is 1. The van der Waals surface area contributed by atoms with E-state index in [0.29, 0.717) is 25.0 Å².